The zero-order valence-electron chi connectivity index (χ0n) is 18.4. The molecule has 1 N–H and O–H groups in total. The van der Waals surface area contributed by atoms with Gasteiger partial charge >= 0.3 is 0 Å². The number of carbonyl (C=O) groups excluding carboxylic acids is 3. The summed E-state index contributed by atoms with van der Waals surface area (Å²) in [7, 11) is 0. The first-order valence-electron chi connectivity index (χ1n) is 11.8. The average molecular weight is 450 g/mol. The first-order chi connectivity index (χ1) is 16.0. The van der Waals surface area contributed by atoms with Gasteiger partial charge in [-0.2, -0.15) is 0 Å². The van der Waals surface area contributed by atoms with Crippen molar-refractivity contribution in [2.24, 2.45) is 17.8 Å². The van der Waals surface area contributed by atoms with Crippen LogP contribution in [0.4, 0.5) is 0 Å². The molecule has 3 aliphatic carbocycles. The van der Waals surface area contributed by atoms with Crippen LogP contribution in [0, 0.1) is 17.8 Å². The summed E-state index contributed by atoms with van der Waals surface area (Å²) >= 11 is 0. The SMILES string of the molecule is O=C1N[C@@]2(C[C@@H]3CC[C@@H]2C[C@@H]3C(=O)N2CCN(C(=O)c3ccco3)CC2)Oc2ccccc21. The number of furan rings is 1. The van der Waals surface area contributed by atoms with E-state index in [1.54, 1.807) is 23.1 Å². The van der Waals surface area contributed by atoms with Crippen molar-refractivity contribution < 1.29 is 23.5 Å². The molecule has 8 heteroatoms. The lowest BCUT2D eigenvalue weighted by Gasteiger charge is -2.55. The van der Waals surface area contributed by atoms with Crippen molar-refractivity contribution in [1.29, 1.82) is 0 Å². The predicted molar refractivity (Wildman–Crippen MR) is 117 cm³/mol. The first kappa shape index (κ1) is 20.3. The summed E-state index contributed by atoms with van der Waals surface area (Å²) in [6.07, 6.45) is 4.79. The van der Waals surface area contributed by atoms with Crippen LogP contribution < -0.4 is 10.1 Å². The molecule has 1 aromatic heterocycles. The molecule has 4 atom stereocenters. The van der Waals surface area contributed by atoms with Crippen molar-refractivity contribution >= 4 is 17.7 Å². The Balaban J connectivity index is 1.12. The quantitative estimate of drug-likeness (QED) is 0.761. The highest BCUT2D eigenvalue weighted by Gasteiger charge is 2.57. The van der Waals surface area contributed by atoms with Crippen LogP contribution in [0.15, 0.2) is 47.1 Å². The highest BCUT2D eigenvalue weighted by molar-refractivity contribution is 5.98. The number of benzene rings is 1. The first-order valence-corrected chi connectivity index (χ1v) is 11.8. The van der Waals surface area contributed by atoms with Crippen LogP contribution in [0.3, 0.4) is 0 Å². The summed E-state index contributed by atoms with van der Waals surface area (Å²) in [5.74, 6) is 1.15. The molecule has 0 unspecified atom stereocenters. The van der Waals surface area contributed by atoms with Gasteiger partial charge in [-0.05, 0) is 49.4 Å². The Morgan fingerprint density at radius 3 is 2.52 bits per heavy atom. The number of para-hydroxylation sites is 1. The van der Waals surface area contributed by atoms with Gasteiger partial charge in [0.15, 0.2) is 11.5 Å². The molecular weight excluding hydrogens is 422 g/mol. The minimum Gasteiger partial charge on any atom is -0.467 e. The van der Waals surface area contributed by atoms with E-state index in [4.69, 9.17) is 9.15 Å². The maximum Gasteiger partial charge on any atom is 0.289 e. The van der Waals surface area contributed by atoms with Crippen LogP contribution in [0.1, 0.15) is 46.6 Å². The normalized spacial score (nSPS) is 30.5. The molecule has 2 bridgehead atoms. The number of nitrogens with zero attached hydrogens (tertiary/aromatic N) is 2. The molecule has 3 amide bonds. The molecule has 4 fully saturated rings. The van der Waals surface area contributed by atoms with Crippen LogP contribution in [-0.4, -0.2) is 59.4 Å². The summed E-state index contributed by atoms with van der Waals surface area (Å²) in [5, 5.41) is 3.15. The summed E-state index contributed by atoms with van der Waals surface area (Å²) in [5.41, 5.74) is -0.140. The minimum absolute atomic E-state index is 0.0561. The summed E-state index contributed by atoms with van der Waals surface area (Å²) in [6, 6.07) is 10.7. The van der Waals surface area contributed by atoms with Crippen molar-refractivity contribution in [3.05, 3.63) is 54.0 Å². The maximum atomic E-state index is 13.5. The standard InChI is InChI=1S/C25H27N3O5/c29-22-18-4-1-2-5-20(18)33-25(26-22)15-16-7-8-17(25)14-19(16)23(30)27-9-11-28(12-10-27)24(31)21-6-3-13-32-21/h1-6,13,16-17,19H,7-12,14-15H2,(H,26,29)/t16-,17+,19-,25-/m0/s1. The Hall–Kier alpha value is -3.29. The number of piperazine rings is 1. The number of ether oxygens (including phenoxy) is 1. The van der Waals surface area contributed by atoms with E-state index in [2.05, 4.69) is 5.32 Å². The number of carbonyl (C=O) groups is 3. The monoisotopic (exact) mass is 449 g/mol. The molecule has 172 valence electrons. The van der Waals surface area contributed by atoms with Crippen LogP contribution in [0.25, 0.3) is 0 Å². The molecule has 1 aromatic carbocycles. The largest absolute Gasteiger partial charge is 0.467 e. The van der Waals surface area contributed by atoms with Crippen LogP contribution in [-0.2, 0) is 4.79 Å². The Morgan fingerprint density at radius 2 is 1.79 bits per heavy atom. The molecule has 3 heterocycles. The molecule has 0 radical (unpaired) electrons. The van der Waals surface area contributed by atoms with E-state index in [1.165, 1.54) is 6.26 Å². The molecule has 8 nitrogen and oxygen atoms in total. The maximum absolute atomic E-state index is 13.5. The fraction of sp³-hybridized carbons (Fsp3) is 0.480. The molecule has 5 aliphatic rings. The third-order valence-electron chi connectivity index (χ3n) is 7.89. The highest BCUT2D eigenvalue weighted by atomic mass is 16.5. The second-order valence-electron chi connectivity index (χ2n) is 9.62. The van der Waals surface area contributed by atoms with Crippen molar-refractivity contribution in [3.8, 4) is 5.75 Å². The van der Waals surface area contributed by atoms with E-state index in [9.17, 15) is 14.4 Å². The van der Waals surface area contributed by atoms with Crippen molar-refractivity contribution in [1.82, 2.24) is 15.1 Å². The van der Waals surface area contributed by atoms with E-state index < -0.39 is 5.72 Å². The van der Waals surface area contributed by atoms with Crippen LogP contribution in [0.5, 0.6) is 5.75 Å². The Morgan fingerprint density at radius 1 is 1.00 bits per heavy atom. The van der Waals surface area contributed by atoms with Gasteiger partial charge in [0, 0.05) is 44.4 Å². The third-order valence-corrected chi connectivity index (χ3v) is 7.89. The van der Waals surface area contributed by atoms with Gasteiger partial charge < -0.3 is 24.3 Å². The van der Waals surface area contributed by atoms with Gasteiger partial charge in [-0.3, -0.25) is 14.4 Å². The van der Waals surface area contributed by atoms with Gasteiger partial charge in [0.05, 0.1) is 11.8 Å². The van der Waals surface area contributed by atoms with Gasteiger partial charge in [0.25, 0.3) is 11.8 Å². The van der Waals surface area contributed by atoms with E-state index in [1.807, 2.05) is 23.1 Å². The Bertz CT molecular complexity index is 1090. The number of hydrogen-bond donors (Lipinski definition) is 1. The molecule has 2 aromatic rings. The fourth-order valence-corrected chi connectivity index (χ4v) is 6.18. The summed E-state index contributed by atoms with van der Waals surface area (Å²) in [6.45, 7) is 2.08. The van der Waals surface area contributed by atoms with Crippen molar-refractivity contribution in [3.63, 3.8) is 0 Å². The topological polar surface area (TPSA) is 92.1 Å². The molecule has 33 heavy (non-hydrogen) atoms. The molecule has 1 saturated heterocycles. The molecular formula is C25H27N3O5. The number of rotatable bonds is 2. The van der Waals surface area contributed by atoms with Crippen molar-refractivity contribution in [2.45, 2.75) is 31.4 Å². The zero-order valence-corrected chi connectivity index (χ0v) is 18.4. The number of hydrogen-bond acceptors (Lipinski definition) is 5. The smallest absolute Gasteiger partial charge is 0.289 e. The lowest BCUT2D eigenvalue weighted by atomic mass is 9.59. The van der Waals surface area contributed by atoms with Gasteiger partial charge in [-0.25, -0.2) is 0 Å². The Labute approximate surface area is 191 Å². The van der Waals surface area contributed by atoms with Crippen LogP contribution in [0.2, 0.25) is 0 Å². The van der Waals surface area contributed by atoms with Crippen molar-refractivity contribution in [2.75, 3.05) is 26.2 Å². The predicted octanol–water partition coefficient (Wildman–Crippen LogP) is 2.52. The molecule has 7 rings (SSSR count). The van der Waals surface area contributed by atoms with E-state index >= 15 is 0 Å². The number of nitrogens with one attached hydrogen (secondary N) is 1. The summed E-state index contributed by atoms with van der Waals surface area (Å²) in [4.78, 5) is 42.4. The lowest BCUT2D eigenvalue weighted by Crippen LogP contribution is -2.67. The second-order valence-corrected chi connectivity index (χ2v) is 9.62. The van der Waals surface area contributed by atoms with Gasteiger partial charge in [-0.15, -0.1) is 0 Å². The van der Waals surface area contributed by atoms with Gasteiger partial charge in [0.2, 0.25) is 5.91 Å². The third kappa shape index (κ3) is 3.31. The molecule has 2 aliphatic heterocycles. The average Bonchev–Trinajstić information content (AvgIpc) is 3.39. The summed E-state index contributed by atoms with van der Waals surface area (Å²) < 4.78 is 11.6. The lowest BCUT2D eigenvalue weighted by molar-refractivity contribution is -0.156. The van der Waals surface area contributed by atoms with E-state index in [-0.39, 0.29) is 35.5 Å². The van der Waals surface area contributed by atoms with E-state index in [0.29, 0.717) is 49.7 Å². The van der Waals surface area contributed by atoms with E-state index in [0.717, 1.165) is 19.3 Å². The fourth-order valence-electron chi connectivity index (χ4n) is 6.18. The number of fused-ring (bicyclic) bond motifs is 3. The van der Waals surface area contributed by atoms with Gasteiger partial charge in [0.1, 0.15) is 5.75 Å². The van der Waals surface area contributed by atoms with Crippen LogP contribution >= 0.6 is 0 Å². The van der Waals surface area contributed by atoms with Gasteiger partial charge in [-0.1, -0.05) is 12.1 Å². The second kappa shape index (κ2) is 7.64. The molecule has 1 spiro atoms. The zero-order chi connectivity index (χ0) is 22.6. The Kier molecular flexibility index (Phi) is 4.71. The highest BCUT2D eigenvalue weighted by Crippen LogP contribution is 2.52. The minimum atomic E-state index is -0.709. The number of amides is 3. The molecule has 3 saturated carbocycles.